The molecule has 0 N–H and O–H groups in total. The van der Waals surface area contributed by atoms with Crippen LogP contribution in [0.25, 0.3) is 0 Å². The van der Waals surface area contributed by atoms with Crippen molar-refractivity contribution in [3.63, 3.8) is 0 Å². The molecule has 0 amide bonds. The normalized spacial score (nSPS) is 17.3. The Morgan fingerprint density at radius 1 is 1.18 bits per heavy atom. The lowest BCUT2D eigenvalue weighted by Gasteiger charge is -2.26. The highest BCUT2D eigenvalue weighted by molar-refractivity contribution is 5.30. The average molecular weight is 233 g/mol. The van der Waals surface area contributed by atoms with Crippen molar-refractivity contribution in [2.24, 2.45) is 0 Å². The molecule has 94 valence electrons. The number of aryl methyl sites for hydroxylation is 3. The summed E-state index contributed by atoms with van der Waals surface area (Å²) in [6, 6.07) is 6.78. The lowest BCUT2D eigenvalue weighted by molar-refractivity contribution is 0.0374. The van der Waals surface area contributed by atoms with Crippen molar-refractivity contribution in [3.05, 3.63) is 34.9 Å². The summed E-state index contributed by atoms with van der Waals surface area (Å²) >= 11 is 0. The molecule has 17 heavy (non-hydrogen) atoms. The number of ether oxygens (including phenoxy) is 1. The van der Waals surface area contributed by atoms with Gasteiger partial charge < -0.3 is 4.74 Å². The van der Waals surface area contributed by atoms with Crippen LogP contribution in [0.4, 0.5) is 0 Å². The van der Waals surface area contributed by atoms with Crippen LogP contribution in [-0.4, -0.2) is 37.7 Å². The summed E-state index contributed by atoms with van der Waals surface area (Å²) in [5.74, 6) is 0. The summed E-state index contributed by atoms with van der Waals surface area (Å²) in [4.78, 5) is 2.51. The molecule has 1 aromatic carbocycles. The fraction of sp³-hybridized carbons (Fsp3) is 0.600. The Labute approximate surface area is 105 Å². The topological polar surface area (TPSA) is 12.5 Å². The number of nitrogens with zero attached hydrogens (tertiary/aromatic N) is 1. The van der Waals surface area contributed by atoms with Crippen LogP contribution in [0, 0.1) is 13.8 Å². The second-order valence-electron chi connectivity index (χ2n) is 4.99. The predicted octanol–water partition coefficient (Wildman–Crippen LogP) is 2.57. The van der Waals surface area contributed by atoms with E-state index in [1.807, 2.05) is 0 Å². The molecule has 0 bridgehead atoms. The first-order valence-electron chi connectivity index (χ1n) is 6.62. The van der Waals surface area contributed by atoms with E-state index in [0.717, 1.165) is 26.3 Å². The molecular weight excluding hydrogens is 210 g/mol. The van der Waals surface area contributed by atoms with Crippen molar-refractivity contribution in [3.8, 4) is 0 Å². The van der Waals surface area contributed by atoms with Crippen molar-refractivity contribution in [2.75, 3.05) is 32.8 Å². The second kappa shape index (κ2) is 6.18. The fourth-order valence-corrected chi connectivity index (χ4v) is 2.44. The lowest BCUT2D eigenvalue weighted by Crippen LogP contribution is -2.36. The van der Waals surface area contributed by atoms with E-state index >= 15 is 0 Å². The van der Waals surface area contributed by atoms with E-state index in [1.54, 1.807) is 0 Å². The first kappa shape index (κ1) is 12.6. The van der Waals surface area contributed by atoms with Crippen molar-refractivity contribution in [1.82, 2.24) is 4.90 Å². The van der Waals surface area contributed by atoms with Crippen molar-refractivity contribution >= 4 is 0 Å². The van der Waals surface area contributed by atoms with E-state index < -0.39 is 0 Å². The molecule has 1 aliphatic rings. The molecule has 0 radical (unpaired) electrons. The molecule has 1 heterocycles. The summed E-state index contributed by atoms with van der Waals surface area (Å²) in [6.07, 6.45) is 2.45. The fourth-order valence-electron chi connectivity index (χ4n) is 2.44. The van der Waals surface area contributed by atoms with Crippen molar-refractivity contribution in [2.45, 2.75) is 26.7 Å². The number of benzene rings is 1. The molecule has 2 nitrogen and oxygen atoms in total. The van der Waals surface area contributed by atoms with E-state index in [-0.39, 0.29) is 0 Å². The zero-order valence-corrected chi connectivity index (χ0v) is 11.0. The van der Waals surface area contributed by atoms with E-state index in [9.17, 15) is 0 Å². The molecule has 2 rings (SSSR count). The van der Waals surface area contributed by atoms with E-state index in [2.05, 4.69) is 36.9 Å². The highest BCUT2D eigenvalue weighted by atomic mass is 16.5. The van der Waals surface area contributed by atoms with E-state index in [0.29, 0.717) is 0 Å². The lowest BCUT2D eigenvalue weighted by atomic mass is 10.0. The number of hydrogen-bond donors (Lipinski definition) is 0. The third-order valence-corrected chi connectivity index (χ3v) is 3.52. The molecule has 1 aromatic rings. The Balaban J connectivity index is 1.77. The minimum Gasteiger partial charge on any atom is -0.379 e. The van der Waals surface area contributed by atoms with Gasteiger partial charge in [0.15, 0.2) is 0 Å². The quantitative estimate of drug-likeness (QED) is 0.792. The predicted molar refractivity (Wildman–Crippen MR) is 71.5 cm³/mol. The van der Waals surface area contributed by atoms with E-state index in [1.165, 1.54) is 36.1 Å². The standard InChI is InChI=1S/C15H23NO/c1-13-5-6-15(14(2)12-13)4-3-7-16-8-10-17-11-9-16/h5-6,12H,3-4,7-11H2,1-2H3. The highest BCUT2D eigenvalue weighted by Gasteiger charge is 2.09. The van der Waals surface area contributed by atoms with Gasteiger partial charge in [-0.3, -0.25) is 4.90 Å². The SMILES string of the molecule is Cc1ccc(CCCN2CCOCC2)c(C)c1. The summed E-state index contributed by atoms with van der Waals surface area (Å²) in [7, 11) is 0. The average Bonchev–Trinajstić information content (AvgIpc) is 2.33. The number of rotatable bonds is 4. The van der Waals surface area contributed by atoms with Crippen LogP contribution < -0.4 is 0 Å². The molecular formula is C15H23NO. The zero-order chi connectivity index (χ0) is 12.1. The van der Waals surface area contributed by atoms with Gasteiger partial charge in [0.2, 0.25) is 0 Å². The largest absolute Gasteiger partial charge is 0.379 e. The van der Waals surface area contributed by atoms with Crippen molar-refractivity contribution in [1.29, 1.82) is 0 Å². The van der Waals surface area contributed by atoms with E-state index in [4.69, 9.17) is 4.74 Å². The smallest absolute Gasteiger partial charge is 0.0594 e. The summed E-state index contributed by atoms with van der Waals surface area (Å²) in [6.45, 7) is 9.60. The molecule has 0 spiro atoms. The van der Waals surface area contributed by atoms with Crippen LogP contribution in [0.5, 0.6) is 0 Å². The van der Waals surface area contributed by atoms with Crippen LogP contribution in [0.15, 0.2) is 18.2 Å². The molecule has 1 saturated heterocycles. The van der Waals surface area contributed by atoms with Gasteiger partial charge in [-0.05, 0) is 44.4 Å². The van der Waals surface area contributed by atoms with Gasteiger partial charge in [0.1, 0.15) is 0 Å². The Bertz CT molecular complexity index is 356. The maximum absolute atomic E-state index is 5.35. The molecule has 0 atom stereocenters. The second-order valence-corrected chi connectivity index (χ2v) is 4.99. The van der Waals surface area contributed by atoms with Gasteiger partial charge in [-0.15, -0.1) is 0 Å². The molecule has 0 saturated carbocycles. The Morgan fingerprint density at radius 3 is 2.65 bits per heavy atom. The molecule has 0 aromatic heterocycles. The van der Waals surface area contributed by atoms with Crippen LogP contribution >= 0.6 is 0 Å². The van der Waals surface area contributed by atoms with Gasteiger partial charge in [-0.2, -0.15) is 0 Å². The molecule has 1 fully saturated rings. The molecule has 0 unspecified atom stereocenters. The Kier molecular flexibility index (Phi) is 4.57. The third kappa shape index (κ3) is 3.83. The third-order valence-electron chi connectivity index (χ3n) is 3.52. The van der Waals surface area contributed by atoms with Gasteiger partial charge in [0.25, 0.3) is 0 Å². The zero-order valence-electron chi connectivity index (χ0n) is 11.0. The maximum atomic E-state index is 5.35. The van der Waals surface area contributed by atoms with Gasteiger partial charge >= 0.3 is 0 Å². The monoisotopic (exact) mass is 233 g/mol. The minimum atomic E-state index is 0.906. The highest BCUT2D eigenvalue weighted by Crippen LogP contribution is 2.13. The van der Waals surface area contributed by atoms with Crippen LogP contribution in [-0.2, 0) is 11.2 Å². The van der Waals surface area contributed by atoms with Gasteiger partial charge in [0, 0.05) is 13.1 Å². The number of morpholine rings is 1. The summed E-state index contributed by atoms with van der Waals surface area (Å²) in [5, 5.41) is 0. The first-order chi connectivity index (χ1) is 8.25. The first-order valence-corrected chi connectivity index (χ1v) is 6.62. The number of hydrogen-bond acceptors (Lipinski definition) is 2. The van der Waals surface area contributed by atoms with Crippen LogP contribution in [0.3, 0.4) is 0 Å². The molecule has 1 aliphatic heterocycles. The van der Waals surface area contributed by atoms with Gasteiger partial charge in [-0.1, -0.05) is 23.8 Å². The van der Waals surface area contributed by atoms with Crippen LogP contribution in [0.2, 0.25) is 0 Å². The minimum absolute atomic E-state index is 0.906. The Morgan fingerprint density at radius 2 is 1.94 bits per heavy atom. The maximum Gasteiger partial charge on any atom is 0.0594 e. The van der Waals surface area contributed by atoms with Gasteiger partial charge in [0.05, 0.1) is 13.2 Å². The van der Waals surface area contributed by atoms with Crippen LogP contribution in [0.1, 0.15) is 23.1 Å². The molecule has 2 heteroatoms. The molecule has 0 aliphatic carbocycles. The summed E-state index contributed by atoms with van der Waals surface area (Å²) < 4.78 is 5.35. The van der Waals surface area contributed by atoms with Crippen molar-refractivity contribution < 1.29 is 4.74 Å². The van der Waals surface area contributed by atoms with Gasteiger partial charge in [-0.25, -0.2) is 0 Å². The Hall–Kier alpha value is -0.860. The summed E-state index contributed by atoms with van der Waals surface area (Å²) in [5.41, 5.74) is 4.30.